The molecule has 456 valence electrons. The Bertz CT molecular complexity index is 4080. The highest BCUT2D eigenvalue weighted by molar-refractivity contribution is 8.02. The maximum Gasteiger partial charge on any atom is 0.322 e. The first-order chi connectivity index (χ1) is 42.6. The lowest BCUT2D eigenvalue weighted by Gasteiger charge is -2.38. The number of nitrogens with one attached hydrogen (secondary N) is 1. The van der Waals surface area contributed by atoms with E-state index in [0.29, 0.717) is 11.6 Å². The molecule has 0 spiro atoms. The fourth-order valence-corrected chi connectivity index (χ4v) is 14.6. The number of pyridine rings is 5. The number of thioether (sulfide) groups is 3. The van der Waals surface area contributed by atoms with Gasteiger partial charge in [-0.05, 0) is 186 Å². The Balaban J connectivity index is 0.000000133. The lowest BCUT2D eigenvalue weighted by atomic mass is 9.84. The van der Waals surface area contributed by atoms with Gasteiger partial charge < -0.3 is 43.6 Å². The molecule has 0 atom stereocenters. The summed E-state index contributed by atoms with van der Waals surface area (Å²) in [5.41, 5.74) is 4.54. The summed E-state index contributed by atoms with van der Waals surface area (Å²) in [6.45, 7) is 2.27. The van der Waals surface area contributed by atoms with Gasteiger partial charge in [0, 0.05) is 82.6 Å². The van der Waals surface area contributed by atoms with E-state index in [4.69, 9.17) is 52.2 Å². The summed E-state index contributed by atoms with van der Waals surface area (Å²) < 4.78 is 30.3. The maximum absolute atomic E-state index is 12.3. The number of aromatic nitrogens is 5. The van der Waals surface area contributed by atoms with Gasteiger partial charge in [-0.15, -0.1) is 35.3 Å². The lowest BCUT2D eigenvalue weighted by molar-refractivity contribution is -0.148. The number of nitrogens with zero attached hydrogens (tertiary/aromatic N) is 4. The second kappa shape index (κ2) is 29.4. The number of hydrogen-bond acceptors (Lipinski definition) is 17. The van der Waals surface area contributed by atoms with Crippen molar-refractivity contribution in [3.8, 4) is 28.7 Å². The van der Waals surface area contributed by atoms with Crippen molar-refractivity contribution >= 4 is 132 Å². The first kappa shape index (κ1) is 64.6. The first-order valence-electron chi connectivity index (χ1n) is 28.3. The monoisotopic (exact) mass is 1280 g/mol. The van der Waals surface area contributed by atoms with Crippen molar-refractivity contribution in [3.63, 3.8) is 0 Å². The van der Waals surface area contributed by atoms with Crippen LogP contribution in [0.4, 0.5) is 0 Å². The van der Waals surface area contributed by atoms with Gasteiger partial charge in [-0.3, -0.25) is 34.3 Å². The van der Waals surface area contributed by atoms with Crippen LogP contribution < -0.4 is 23.7 Å². The van der Waals surface area contributed by atoms with E-state index in [-0.39, 0.29) is 5.97 Å². The zero-order valence-electron chi connectivity index (χ0n) is 49.4. The van der Waals surface area contributed by atoms with E-state index in [1.54, 1.807) is 78.2 Å². The van der Waals surface area contributed by atoms with Gasteiger partial charge in [0.05, 0.1) is 69.2 Å². The van der Waals surface area contributed by atoms with Crippen molar-refractivity contribution in [1.82, 2.24) is 24.9 Å². The van der Waals surface area contributed by atoms with Crippen molar-refractivity contribution in [2.75, 3.05) is 42.2 Å². The van der Waals surface area contributed by atoms with Gasteiger partial charge in [0.25, 0.3) is 0 Å². The Hall–Kier alpha value is -7.88. The van der Waals surface area contributed by atoms with Gasteiger partial charge in [-0.2, -0.15) is 0 Å². The largest absolute Gasteiger partial charge is 0.497 e. The zero-order valence-corrected chi connectivity index (χ0v) is 53.4. The Morgan fingerprint density at radius 3 is 1.18 bits per heavy atom. The second-order valence-corrected chi connectivity index (χ2v) is 25.8. The SMILES string of the molecule is CCOC(=O)C1(Sc2ccnc3ccc(OC)cc23)CCC1.COc1ccc2[nH]ccc(=S)c2c1.COc1ccc2nccc(Cl)c2c1.COc1ccc2nccc(SC3(C(=O)O)CCC3)c2c1.COc1ccc2nccc(SC3(C(=O)O)CCC3)c2c1. The summed E-state index contributed by atoms with van der Waals surface area (Å²) in [7, 11) is 8.17. The molecule has 3 fully saturated rings. The van der Waals surface area contributed by atoms with Gasteiger partial charge in [0.2, 0.25) is 0 Å². The number of ether oxygens (including phenoxy) is 6. The lowest BCUT2D eigenvalue weighted by Crippen LogP contribution is -2.43. The van der Waals surface area contributed by atoms with Crippen molar-refractivity contribution in [2.45, 2.75) is 93.6 Å². The van der Waals surface area contributed by atoms with E-state index in [1.807, 2.05) is 128 Å². The molecule has 0 radical (unpaired) electrons. The molecule has 0 amide bonds. The molecule has 3 N–H and O–H groups in total. The third kappa shape index (κ3) is 14.8. The van der Waals surface area contributed by atoms with Crippen LogP contribution in [0.1, 0.15) is 64.7 Å². The number of halogens is 1. The van der Waals surface area contributed by atoms with Gasteiger partial charge in [0.15, 0.2) is 0 Å². The van der Waals surface area contributed by atoms with Crippen molar-refractivity contribution in [2.24, 2.45) is 0 Å². The highest BCUT2D eigenvalue weighted by atomic mass is 35.5. The van der Waals surface area contributed by atoms with Crippen molar-refractivity contribution in [1.29, 1.82) is 0 Å². The second-order valence-electron chi connectivity index (χ2n) is 20.7. The normalized spacial score (nSPS) is 14.6. The molecule has 5 aromatic heterocycles. The van der Waals surface area contributed by atoms with Crippen LogP contribution in [-0.2, 0) is 19.1 Å². The molecule has 0 bridgehead atoms. The van der Waals surface area contributed by atoms with Crippen molar-refractivity contribution in [3.05, 3.63) is 162 Å². The topological polar surface area (TPSA) is 214 Å². The van der Waals surface area contributed by atoms with Crippen molar-refractivity contribution < 1.29 is 53.0 Å². The van der Waals surface area contributed by atoms with Crippen LogP contribution in [0.25, 0.3) is 54.5 Å². The molecule has 10 aromatic rings. The smallest absolute Gasteiger partial charge is 0.322 e. The Kier molecular flexibility index (Phi) is 21.6. The molecule has 3 aliphatic carbocycles. The molecule has 5 aromatic carbocycles. The molecule has 3 aliphatic rings. The Morgan fingerprint density at radius 1 is 0.489 bits per heavy atom. The summed E-state index contributed by atoms with van der Waals surface area (Å²) in [5, 5.41) is 24.5. The third-order valence-corrected chi connectivity index (χ3v) is 20.7. The number of H-pyrrole nitrogens is 1. The number of benzene rings is 5. The summed E-state index contributed by atoms with van der Waals surface area (Å²) in [6, 6.07) is 38.0. The van der Waals surface area contributed by atoms with E-state index >= 15 is 0 Å². The molecule has 16 nitrogen and oxygen atoms in total. The summed E-state index contributed by atoms with van der Waals surface area (Å²) in [6.07, 6.45) is 16.4. The third-order valence-electron chi connectivity index (χ3n) is 15.4. The van der Waals surface area contributed by atoms with E-state index in [2.05, 4.69) is 24.9 Å². The Labute approximate surface area is 532 Å². The molecule has 5 heterocycles. The number of carbonyl (C=O) groups excluding carboxylic acids is 1. The first-order valence-corrected chi connectivity index (χ1v) is 31.6. The minimum Gasteiger partial charge on any atom is -0.497 e. The number of carboxylic acids is 2. The fourth-order valence-electron chi connectivity index (χ4n) is 9.90. The van der Waals surface area contributed by atoms with Crippen LogP contribution in [0.15, 0.2) is 167 Å². The van der Waals surface area contributed by atoms with E-state index in [0.717, 1.165) is 160 Å². The van der Waals surface area contributed by atoms with Crippen LogP contribution >= 0.6 is 59.1 Å². The fraction of sp³-hybridized carbons (Fsp3) is 0.284. The number of carbonyl (C=O) groups is 3. The number of hydrogen-bond donors (Lipinski definition) is 3. The van der Waals surface area contributed by atoms with Crippen LogP contribution in [-0.4, -0.2) is 109 Å². The minimum absolute atomic E-state index is 0.0980. The number of fused-ring (bicyclic) bond motifs is 5. The molecule has 3 saturated carbocycles. The summed E-state index contributed by atoms with van der Waals surface area (Å²) in [5.74, 6) is 2.39. The number of carboxylic acid groups (broad SMARTS) is 2. The molecule has 0 unspecified atom stereocenters. The number of methoxy groups -OCH3 is 5. The standard InChI is InChI=1S/C17H19NO3S.2C15H15NO3S.C10H8ClNO.C10H9NOS/c1-3-21-16(19)17(8-4-9-17)22-15-7-10-18-14-6-5-12(20-2)11-13(14)15;2*1-19-10-3-4-12-11(9-10)13(5-8-16-12)20-15(14(17)18)6-2-7-15;1-13-7-2-3-10-8(6-7)9(11)4-5-12-10;1-12-7-2-3-9-8(6-7)10(13)4-5-11-9/h5-7,10-11H,3-4,8-9H2,1-2H3;2*3-5,8-9H,2,6-7H2,1H3,(H,17,18);2-6H,1H3;2-6H,1H3,(H,11,13). The number of esters is 1. The molecule has 13 rings (SSSR count). The molecule has 21 heteroatoms. The number of rotatable bonds is 15. The average molecular weight is 1280 g/mol. The average Bonchev–Trinajstić information content (AvgIpc) is 1.74. The van der Waals surface area contributed by atoms with E-state index in [1.165, 1.54) is 23.5 Å². The highest BCUT2D eigenvalue weighted by Gasteiger charge is 2.48. The van der Waals surface area contributed by atoms with Crippen LogP contribution in [0, 0.1) is 4.51 Å². The Morgan fingerprint density at radius 2 is 0.830 bits per heavy atom. The zero-order chi connectivity index (χ0) is 62.4. The van der Waals surface area contributed by atoms with Crippen LogP contribution in [0.2, 0.25) is 5.02 Å². The van der Waals surface area contributed by atoms with E-state index < -0.39 is 26.2 Å². The van der Waals surface area contributed by atoms with Gasteiger partial charge >= 0.3 is 17.9 Å². The van der Waals surface area contributed by atoms with E-state index in [9.17, 15) is 24.6 Å². The molecule has 0 aliphatic heterocycles. The predicted molar refractivity (Wildman–Crippen MR) is 353 cm³/mol. The molecule has 88 heavy (non-hydrogen) atoms. The van der Waals surface area contributed by atoms with Crippen LogP contribution in [0.3, 0.4) is 0 Å². The summed E-state index contributed by atoms with van der Waals surface area (Å²) in [4.78, 5) is 58.6. The van der Waals surface area contributed by atoms with Gasteiger partial charge in [-0.25, -0.2) is 0 Å². The molecule has 0 saturated heterocycles. The number of aromatic amines is 1. The minimum atomic E-state index is -0.721. The van der Waals surface area contributed by atoms with Gasteiger partial charge in [0.1, 0.15) is 43.0 Å². The highest BCUT2D eigenvalue weighted by Crippen LogP contribution is 2.52. The number of aliphatic carboxylic acids is 2. The quantitative estimate of drug-likeness (QED) is 0.0643. The predicted octanol–water partition coefficient (Wildman–Crippen LogP) is 16.3. The molecular formula is C67H66ClN5O11S4. The van der Waals surface area contributed by atoms with Crippen LogP contribution in [0.5, 0.6) is 28.7 Å². The van der Waals surface area contributed by atoms with Gasteiger partial charge in [-0.1, -0.05) is 23.8 Å². The maximum atomic E-state index is 12.3. The summed E-state index contributed by atoms with van der Waals surface area (Å²) >= 11 is 15.7. The molecular weight excluding hydrogens is 1210 g/mol.